The number of carbonyl (C=O) groups excluding carboxylic acids is 3. The zero-order valence-corrected chi connectivity index (χ0v) is 14.2. The Morgan fingerprint density at radius 1 is 1.20 bits per heavy atom. The summed E-state index contributed by atoms with van der Waals surface area (Å²) in [5, 5.41) is 5.86. The molecule has 4 rings (SSSR count). The minimum atomic E-state index is -0.619. The van der Waals surface area contributed by atoms with E-state index in [1.165, 1.54) is 0 Å². The van der Waals surface area contributed by atoms with Crippen molar-refractivity contribution in [2.45, 2.75) is 44.2 Å². The van der Waals surface area contributed by atoms with Gasteiger partial charge in [0.05, 0.1) is 5.41 Å². The Kier molecular flexibility index (Phi) is 3.98. The van der Waals surface area contributed by atoms with Crippen molar-refractivity contribution in [3.05, 3.63) is 35.9 Å². The van der Waals surface area contributed by atoms with Crippen LogP contribution in [0.15, 0.2) is 30.3 Å². The Labute approximate surface area is 147 Å². The summed E-state index contributed by atoms with van der Waals surface area (Å²) in [6.45, 7) is 0.942. The summed E-state index contributed by atoms with van der Waals surface area (Å²) in [6, 6.07) is 8.91. The summed E-state index contributed by atoms with van der Waals surface area (Å²) < 4.78 is 0. The minimum absolute atomic E-state index is 0.0485. The van der Waals surface area contributed by atoms with E-state index in [2.05, 4.69) is 10.6 Å². The first kappa shape index (κ1) is 16.1. The number of rotatable bonds is 3. The third-order valence-corrected chi connectivity index (χ3v) is 5.81. The highest BCUT2D eigenvalue weighted by molar-refractivity contribution is 5.97. The predicted octanol–water partition coefficient (Wildman–Crippen LogP) is 1.08. The second kappa shape index (κ2) is 6.17. The van der Waals surface area contributed by atoms with Crippen LogP contribution >= 0.6 is 0 Å². The van der Waals surface area contributed by atoms with Crippen LogP contribution in [-0.2, 0) is 9.59 Å². The van der Waals surface area contributed by atoms with Gasteiger partial charge in [-0.25, -0.2) is 0 Å². The van der Waals surface area contributed by atoms with E-state index in [4.69, 9.17) is 0 Å². The van der Waals surface area contributed by atoms with E-state index in [0.29, 0.717) is 31.5 Å². The molecule has 0 radical (unpaired) electrons. The third-order valence-electron chi connectivity index (χ3n) is 5.81. The predicted molar refractivity (Wildman–Crippen MR) is 91.7 cm³/mol. The number of nitrogens with zero attached hydrogens (tertiary/aromatic N) is 1. The molecule has 3 aliphatic rings. The van der Waals surface area contributed by atoms with Crippen molar-refractivity contribution in [2.75, 3.05) is 13.1 Å². The molecule has 1 aliphatic carbocycles. The number of nitrogens with one attached hydrogen (secondary N) is 2. The lowest BCUT2D eigenvalue weighted by Crippen LogP contribution is -2.48. The highest BCUT2D eigenvalue weighted by atomic mass is 16.2. The fraction of sp³-hybridized carbons (Fsp3) is 0.526. The van der Waals surface area contributed by atoms with Crippen LogP contribution in [0.3, 0.4) is 0 Å². The van der Waals surface area contributed by atoms with Gasteiger partial charge in [0.1, 0.15) is 6.04 Å². The SMILES string of the molecule is O=C(NC1CCC1)[C@@H]1C[C@@]2(CCN(C(=O)c3ccccc3)C2)C(=O)N1. The van der Waals surface area contributed by atoms with Crippen molar-refractivity contribution in [3.8, 4) is 0 Å². The van der Waals surface area contributed by atoms with Gasteiger partial charge >= 0.3 is 0 Å². The largest absolute Gasteiger partial charge is 0.352 e. The first-order chi connectivity index (χ1) is 12.1. The molecule has 1 spiro atoms. The van der Waals surface area contributed by atoms with Gasteiger partial charge in [0, 0.05) is 24.7 Å². The number of benzene rings is 1. The van der Waals surface area contributed by atoms with Gasteiger partial charge in [-0.3, -0.25) is 14.4 Å². The molecule has 0 aromatic heterocycles. The molecule has 6 heteroatoms. The van der Waals surface area contributed by atoms with Crippen molar-refractivity contribution >= 4 is 17.7 Å². The van der Waals surface area contributed by atoms with Gasteiger partial charge in [0.15, 0.2) is 0 Å². The maximum absolute atomic E-state index is 12.6. The first-order valence-electron chi connectivity index (χ1n) is 9.03. The Bertz CT molecular complexity index is 701. The third kappa shape index (κ3) is 2.90. The first-order valence-corrected chi connectivity index (χ1v) is 9.03. The van der Waals surface area contributed by atoms with Crippen LogP contribution in [0.2, 0.25) is 0 Å². The summed E-state index contributed by atoms with van der Waals surface area (Å²) in [7, 11) is 0. The van der Waals surface area contributed by atoms with E-state index in [0.717, 1.165) is 19.3 Å². The second-order valence-electron chi connectivity index (χ2n) is 7.49. The van der Waals surface area contributed by atoms with Crippen LogP contribution in [0.5, 0.6) is 0 Å². The number of hydrogen-bond donors (Lipinski definition) is 2. The lowest BCUT2D eigenvalue weighted by atomic mass is 9.83. The topological polar surface area (TPSA) is 78.5 Å². The molecule has 6 nitrogen and oxygen atoms in total. The Balaban J connectivity index is 1.41. The van der Waals surface area contributed by atoms with Gasteiger partial charge in [-0.1, -0.05) is 18.2 Å². The van der Waals surface area contributed by atoms with Gasteiger partial charge in [-0.2, -0.15) is 0 Å². The molecule has 0 unspecified atom stereocenters. The molecular formula is C19H23N3O3. The fourth-order valence-corrected chi connectivity index (χ4v) is 4.02. The summed E-state index contributed by atoms with van der Waals surface area (Å²) >= 11 is 0. The highest BCUT2D eigenvalue weighted by Gasteiger charge is 2.53. The van der Waals surface area contributed by atoms with Crippen LogP contribution in [-0.4, -0.2) is 47.8 Å². The minimum Gasteiger partial charge on any atom is -0.352 e. The van der Waals surface area contributed by atoms with Crippen LogP contribution in [0.25, 0.3) is 0 Å². The molecule has 0 bridgehead atoms. The summed E-state index contributed by atoms with van der Waals surface area (Å²) in [5.41, 5.74) is 0.0173. The smallest absolute Gasteiger partial charge is 0.253 e. The van der Waals surface area contributed by atoms with Crippen molar-refractivity contribution in [2.24, 2.45) is 5.41 Å². The molecule has 3 fully saturated rings. The molecule has 2 saturated heterocycles. The van der Waals surface area contributed by atoms with Gasteiger partial charge in [-0.15, -0.1) is 0 Å². The fourth-order valence-electron chi connectivity index (χ4n) is 4.02. The van der Waals surface area contributed by atoms with Gasteiger partial charge < -0.3 is 15.5 Å². The zero-order chi connectivity index (χ0) is 17.4. The molecule has 2 heterocycles. The zero-order valence-electron chi connectivity index (χ0n) is 14.2. The highest BCUT2D eigenvalue weighted by Crippen LogP contribution is 2.40. The maximum atomic E-state index is 12.6. The van der Waals surface area contributed by atoms with Crippen molar-refractivity contribution in [1.82, 2.24) is 15.5 Å². The molecule has 1 aromatic carbocycles. The summed E-state index contributed by atoms with van der Waals surface area (Å²) in [4.78, 5) is 39.3. The Hall–Kier alpha value is -2.37. The van der Waals surface area contributed by atoms with Crippen molar-refractivity contribution < 1.29 is 14.4 Å². The standard InChI is InChI=1S/C19H23N3O3/c23-16(20-14-7-4-8-14)15-11-19(18(25)21-15)9-10-22(12-19)17(24)13-5-2-1-3-6-13/h1-3,5-6,14-15H,4,7-12H2,(H,20,23)(H,21,25)/t15-,19+/m0/s1. The molecule has 1 aromatic rings. The van der Waals surface area contributed by atoms with E-state index in [1.807, 2.05) is 18.2 Å². The van der Waals surface area contributed by atoms with Gasteiger partial charge in [-0.05, 0) is 44.2 Å². The van der Waals surface area contributed by atoms with Crippen LogP contribution in [0.1, 0.15) is 42.5 Å². The van der Waals surface area contributed by atoms with E-state index in [-0.39, 0.29) is 23.8 Å². The quantitative estimate of drug-likeness (QED) is 0.863. The van der Waals surface area contributed by atoms with E-state index in [9.17, 15) is 14.4 Å². The van der Waals surface area contributed by atoms with Crippen LogP contribution < -0.4 is 10.6 Å². The van der Waals surface area contributed by atoms with E-state index < -0.39 is 11.5 Å². The molecule has 2 aliphatic heterocycles. The lowest BCUT2D eigenvalue weighted by Gasteiger charge is -2.27. The average Bonchev–Trinajstić information content (AvgIpc) is 3.16. The monoisotopic (exact) mass is 341 g/mol. The molecular weight excluding hydrogens is 318 g/mol. The van der Waals surface area contributed by atoms with Crippen LogP contribution in [0, 0.1) is 5.41 Å². The number of hydrogen-bond acceptors (Lipinski definition) is 3. The number of carbonyl (C=O) groups is 3. The van der Waals surface area contributed by atoms with E-state index in [1.54, 1.807) is 17.0 Å². The Morgan fingerprint density at radius 2 is 1.96 bits per heavy atom. The number of amides is 3. The Morgan fingerprint density at radius 3 is 2.64 bits per heavy atom. The van der Waals surface area contributed by atoms with Crippen molar-refractivity contribution in [1.29, 1.82) is 0 Å². The molecule has 1 saturated carbocycles. The average molecular weight is 341 g/mol. The second-order valence-corrected chi connectivity index (χ2v) is 7.49. The van der Waals surface area contributed by atoms with Crippen LogP contribution in [0.4, 0.5) is 0 Å². The lowest BCUT2D eigenvalue weighted by molar-refractivity contribution is -0.129. The molecule has 132 valence electrons. The van der Waals surface area contributed by atoms with Gasteiger partial charge in [0.25, 0.3) is 5.91 Å². The molecule has 2 atom stereocenters. The summed E-state index contributed by atoms with van der Waals surface area (Å²) in [6.07, 6.45) is 4.30. The number of likely N-dealkylation sites (tertiary alicyclic amines) is 1. The summed E-state index contributed by atoms with van der Waals surface area (Å²) in [5.74, 6) is -0.222. The van der Waals surface area contributed by atoms with Gasteiger partial charge in [0.2, 0.25) is 11.8 Å². The molecule has 3 amide bonds. The van der Waals surface area contributed by atoms with Crippen molar-refractivity contribution in [3.63, 3.8) is 0 Å². The molecule has 2 N–H and O–H groups in total. The molecule has 25 heavy (non-hydrogen) atoms. The normalized spacial score (nSPS) is 28.7. The maximum Gasteiger partial charge on any atom is 0.253 e. The van der Waals surface area contributed by atoms with E-state index >= 15 is 0 Å².